The first-order chi connectivity index (χ1) is 14.1. The number of fused-ring (bicyclic) bond motifs is 4. The molecule has 5 aromatic rings. The summed E-state index contributed by atoms with van der Waals surface area (Å²) in [5.74, 6) is 0.122. The molecule has 29 heavy (non-hydrogen) atoms. The maximum absolute atomic E-state index is 12.5. The highest BCUT2D eigenvalue weighted by Crippen LogP contribution is 2.29. The zero-order valence-electron chi connectivity index (χ0n) is 15.8. The van der Waals surface area contributed by atoms with Crippen molar-refractivity contribution in [3.8, 4) is 0 Å². The highest BCUT2D eigenvalue weighted by molar-refractivity contribution is 7.99. The van der Waals surface area contributed by atoms with E-state index in [0.717, 1.165) is 37.9 Å². The first-order valence-corrected chi connectivity index (χ1v) is 10.9. The number of anilines is 1. The number of aromatic nitrogens is 4. The molecule has 2 aromatic carbocycles. The lowest BCUT2D eigenvalue weighted by molar-refractivity contribution is -0.113. The van der Waals surface area contributed by atoms with Crippen molar-refractivity contribution in [3.05, 3.63) is 59.7 Å². The second kappa shape index (κ2) is 7.13. The molecule has 0 spiro atoms. The number of aryl methyl sites for hydroxylation is 2. The number of pyridine rings is 1. The van der Waals surface area contributed by atoms with Gasteiger partial charge in [-0.3, -0.25) is 9.20 Å². The van der Waals surface area contributed by atoms with E-state index in [9.17, 15) is 4.79 Å². The summed E-state index contributed by atoms with van der Waals surface area (Å²) in [7, 11) is 0. The number of hydrogen-bond donors (Lipinski definition) is 1. The molecule has 0 fully saturated rings. The lowest BCUT2D eigenvalue weighted by Gasteiger charge is -2.09. The van der Waals surface area contributed by atoms with E-state index in [1.807, 2.05) is 34.7 Å². The van der Waals surface area contributed by atoms with E-state index >= 15 is 0 Å². The van der Waals surface area contributed by atoms with Gasteiger partial charge in [-0.1, -0.05) is 53.4 Å². The molecule has 1 amide bonds. The smallest absolute Gasteiger partial charge is 0.236 e. The minimum atomic E-state index is -0.112. The number of carbonyl (C=O) groups is 1. The summed E-state index contributed by atoms with van der Waals surface area (Å²) in [5.41, 5.74) is 5.08. The number of para-hydroxylation sites is 2. The number of rotatable bonds is 4. The Morgan fingerprint density at radius 1 is 1.10 bits per heavy atom. The van der Waals surface area contributed by atoms with E-state index in [0.29, 0.717) is 10.3 Å². The number of nitrogens with zero attached hydrogens (tertiary/aromatic N) is 4. The van der Waals surface area contributed by atoms with Gasteiger partial charge in [0.25, 0.3) is 0 Å². The predicted octanol–water partition coefficient (Wildman–Crippen LogP) is 4.84. The Hall–Kier alpha value is -2.97. The number of hydrogen-bond acceptors (Lipinski definition) is 6. The number of thioether (sulfide) groups is 1. The van der Waals surface area contributed by atoms with Gasteiger partial charge in [-0.2, -0.15) is 0 Å². The molecule has 0 unspecified atom stereocenters. The van der Waals surface area contributed by atoms with E-state index in [2.05, 4.69) is 52.5 Å². The summed E-state index contributed by atoms with van der Waals surface area (Å²) >= 11 is 2.85. The largest absolute Gasteiger partial charge is 0.301 e. The van der Waals surface area contributed by atoms with Crippen LogP contribution in [0.4, 0.5) is 5.13 Å². The van der Waals surface area contributed by atoms with Crippen LogP contribution in [0, 0.1) is 13.8 Å². The fraction of sp³-hybridized carbons (Fsp3) is 0.143. The van der Waals surface area contributed by atoms with E-state index in [4.69, 9.17) is 0 Å². The molecule has 0 aliphatic rings. The second-order valence-electron chi connectivity index (χ2n) is 6.80. The maximum atomic E-state index is 12.5. The molecule has 3 heterocycles. The van der Waals surface area contributed by atoms with Crippen LogP contribution in [0.3, 0.4) is 0 Å². The Morgan fingerprint density at radius 2 is 1.97 bits per heavy atom. The Balaban J connectivity index is 1.41. The number of nitrogens with one attached hydrogen (secondary N) is 1. The van der Waals surface area contributed by atoms with Crippen molar-refractivity contribution in [2.24, 2.45) is 0 Å². The third kappa shape index (κ3) is 3.24. The lowest BCUT2D eigenvalue weighted by Crippen LogP contribution is -2.14. The molecule has 0 aliphatic carbocycles. The lowest BCUT2D eigenvalue weighted by atomic mass is 10.1. The SMILES string of the molecule is Cc1cc2nnc(SCC(=O)Nc3nc4ccccc4s3)n2c2c(C)cccc12. The van der Waals surface area contributed by atoms with Crippen molar-refractivity contribution >= 4 is 60.9 Å². The number of carbonyl (C=O) groups excluding carboxylic acids is 1. The fourth-order valence-electron chi connectivity index (χ4n) is 3.43. The van der Waals surface area contributed by atoms with Gasteiger partial charge >= 0.3 is 0 Å². The average molecular weight is 420 g/mol. The minimum absolute atomic E-state index is 0.112. The fourth-order valence-corrected chi connectivity index (χ4v) is 5.06. The second-order valence-corrected chi connectivity index (χ2v) is 8.77. The van der Waals surface area contributed by atoms with Gasteiger partial charge < -0.3 is 5.32 Å². The summed E-state index contributed by atoms with van der Waals surface area (Å²) in [4.78, 5) is 16.9. The number of benzene rings is 2. The van der Waals surface area contributed by atoms with Crippen LogP contribution in [0.25, 0.3) is 26.8 Å². The Morgan fingerprint density at radius 3 is 2.83 bits per heavy atom. The molecule has 8 heteroatoms. The molecule has 0 atom stereocenters. The quantitative estimate of drug-likeness (QED) is 0.422. The molecule has 1 N–H and O–H groups in total. The summed E-state index contributed by atoms with van der Waals surface area (Å²) in [6.07, 6.45) is 0. The summed E-state index contributed by atoms with van der Waals surface area (Å²) in [5, 5.41) is 14.0. The van der Waals surface area contributed by atoms with E-state index in [1.165, 1.54) is 23.1 Å². The van der Waals surface area contributed by atoms with Crippen LogP contribution in [0.5, 0.6) is 0 Å². The van der Waals surface area contributed by atoms with Gasteiger partial charge in [0.05, 0.1) is 21.5 Å². The highest BCUT2D eigenvalue weighted by Gasteiger charge is 2.15. The monoisotopic (exact) mass is 419 g/mol. The van der Waals surface area contributed by atoms with Gasteiger partial charge in [-0.15, -0.1) is 10.2 Å². The molecule has 0 radical (unpaired) electrons. The standard InChI is InChI=1S/C21H17N5OS2/c1-12-6-5-7-14-13(2)10-17-24-25-21(26(17)19(12)14)28-11-18(27)23-20-22-15-8-3-4-9-16(15)29-20/h3-10H,11H2,1-2H3,(H,22,23,27). The van der Waals surface area contributed by atoms with Crippen LogP contribution in [0.15, 0.2) is 53.7 Å². The van der Waals surface area contributed by atoms with Gasteiger partial charge in [0.2, 0.25) is 5.91 Å². The Bertz CT molecular complexity index is 1360. The molecule has 0 bridgehead atoms. The van der Waals surface area contributed by atoms with Crippen molar-refractivity contribution < 1.29 is 4.79 Å². The van der Waals surface area contributed by atoms with Crippen LogP contribution >= 0.6 is 23.1 Å². The summed E-state index contributed by atoms with van der Waals surface area (Å²) in [6, 6.07) is 16.1. The molecule has 0 aliphatic heterocycles. The Labute approximate surface area is 175 Å². The number of thiazole rings is 1. The van der Waals surface area contributed by atoms with E-state index in [1.54, 1.807) is 0 Å². The van der Waals surface area contributed by atoms with Gasteiger partial charge in [0.15, 0.2) is 15.9 Å². The topological polar surface area (TPSA) is 72.2 Å². The van der Waals surface area contributed by atoms with Gasteiger partial charge in [-0.25, -0.2) is 4.98 Å². The molecule has 6 nitrogen and oxygen atoms in total. The molecule has 144 valence electrons. The first kappa shape index (κ1) is 18.1. The zero-order chi connectivity index (χ0) is 20.0. The number of amides is 1. The normalized spacial score (nSPS) is 11.5. The van der Waals surface area contributed by atoms with Gasteiger partial charge in [-0.05, 0) is 43.2 Å². The van der Waals surface area contributed by atoms with Crippen LogP contribution in [0.2, 0.25) is 0 Å². The third-order valence-corrected chi connectivity index (χ3v) is 6.64. The van der Waals surface area contributed by atoms with E-state index in [-0.39, 0.29) is 11.7 Å². The molecular weight excluding hydrogens is 402 g/mol. The third-order valence-electron chi connectivity index (χ3n) is 4.76. The van der Waals surface area contributed by atoms with Crippen molar-refractivity contribution in [1.29, 1.82) is 0 Å². The summed E-state index contributed by atoms with van der Waals surface area (Å²) in [6.45, 7) is 4.16. The molecule has 0 saturated carbocycles. The minimum Gasteiger partial charge on any atom is -0.301 e. The zero-order valence-corrected chi connectivity index (χ0v) is 17.5. The van der Waals surface area contributed by atoms with E-state index < -0.39 is 0 Å². The van der Waals surface area contributed by atoms with Crippen LogP contribution in [-0.2, 0) is 4.79 Å². The van der Waals surface area contributed by atoms with Crippen LogP contribution < -0.4 is 5.32 Å². The van der Waals surface area contributed by atoms with Gasteiger partial charge in [0, 0.05) is 5.39 Å². The van der Waals surface area contributed by atoms with Crippen LogP contribution in [-0.4, -0.2) is 31.2 Å². The molecule has 0 saturated heterocycles. The Kier molecular flexibility index (Phi) is 4.44. The first-order valence-electron chi connectivity index (χ1n) is 9.12. The van der Waals surface area contributed by atoms with Crippen molar-refractivity contribution in [3.63, 3.8) is 0 Å². The van der Waals surface area contributed by atoms with Gasteiger partial charge in [0.1, 0.15) is 0 Å². The maximum Gasteiger partial charge on any atom is 0.236 e. The van der Waals surface area contributed by atoms with Crippen molar-refractivity contribution in [2.45, 2.75) is 19.0 Å². The average Bonchev–Trinajstić information content (AvgIpc) is 3.29. The summed E-state index contributed by atoms with van der Waals surface area (Å²) < 4.78 is 3.09. The van der Waals surface area contributed by atoms with Crippen molar-refractivity contribution in [1.82, 2.24) is 19.6 Å². The highest BCUT2D eigenvalue weighted by atomic mass is 32.2. The molecule has 5 rings (SSSR count). The van der Waals surface area contributed by atoms with Crippen LogP contribution in [0.1, 0.15) is 11.1 Å². The predicted molar refractivity (Wildman–Crippen MR) is 119 cm³/mol. The van der Waals surface area contributed by atoms with Crippen molar-refractivity contribution in [2.75, 3.05) is 11.1 Å². The molecular formula is C21H17N5OS2. The molecule has 3 aromatic heterocycles.